The second-order valence-corrected chi connectivity index (χ2v) is 6.91. The largest absolute Gasteiger partial charge is 0.379 e. The van der Waals surface area contributed by atoms with Gasteiger partial charge in [-0.25, -0.2) is 0 Å². The number of hydrogen-bond donors (Lipinski definition) is 2. The molecule has 0 aromatic rings. The van der Waals surface area contributed by atoms with Gasteiger partial charge in [-0.1, -0.05) is 6.92 Å². The van der Waals surface area contributed by atoms with Crippen LogP contribution in [-0.4, -0.2) is 74.3 Å². The van der Waals surface area contributed by atoms with Crippen molar-refractivity contribution in [3.63, 3.8) is 0 Å². The fourth-order valence-electron chi connectivity index (χ4n) is 2.96. The van der Waals surface area contributed by atoms with Gasteiger partial charge in [0.05, 0.1) is 13.2 Å². The third-order valence-electron chi connectivity index (χ3n) is 4.31. The second-order valence-electron chi connectivity index (χ2n) is 5.80. The highest BCUT2D eigenvalue weighted by atomic mass is 32.2. The molecule has 116 valence electrons. The molecule has 2 aliphatic rings. The van der Waals surface area contributed by atoms with Crippen molar-refractivity contribution < 1.29 is 9.53 Å². The van der Waals surface area contributed by atoms with Gasteiger partial charge in [-0.05, 0) is 19.2 Å². The Bertz CT molecular complexity index is 316. The molecule has 0 saturated carbocycles. The van der Waals surface area contributed by atoms with Crippen LogP contribution < -0.4 is 10.6 Å². The van der Waals surface area contributed by atoms with Crippen molar-refractivity contribution in [2.75, 3.05) is 57.9 Å². The number of nitrogens with one attached hydrogen (secondary N) is 2. The molecule has 1 amide bonds. The first kappa shape index (κ1) is 16.1. The van der Waals surface area contributed by atoms with Crippen LogP contribution in [0.5, 0.6) is 0 Å². The fourth-order valence-corrected chi connectivity index (χ4v) is 4.44. The first-order valence-corrected chi connectivity index (χ1v) is 8.66. The van der Waals surface area contributed by atoms with Gasteiger partial charge in [0, 0.05) is 43.4 Å². The Kier molecular flexibility index (Phi) is 6.14. The molecular formula is C14H27N3O2S. The van der Waals surface area contributed by atoms with Crippen molar-refractivity contribution in [1.29, 1.82) is 0 Å². The minimum Gasteiger partial charge on any atom is -0.379 e. The zero-order chi connectivity index (χ0) is 14.4. The van der Waals surface area contributed by atoms with Crippen molar-refractivity contribution in [2.24, 2.45) is 5.92 Å². The minimum atomic E-state index is 0.0239. The van der Waals surface area contributed by atoms with E-state index in [9.17, 15) is 4.79 Å². The van der Waals surface area contributed by atoms with Crippen LogP contribution in [0.25, 0.3) is 0 Å². The van der Waals surface area contributed by atoms with E-state index in [1.165, 1.54) is 12.2 Å². The van der Waals surface area contributed by atoms with Crippen LogP contribution in [0.4, 0.5) is 0 Å². The third-order valence-corrected chi connectivity index (χ3v) is 5.55. The summed E-state index contributed by atoms with van der Waals surface area (Å²) >= 11 is 2.00. The van der Waals surface area contributed by atoms with E-state index in [4.69, 9.17) is 4.74 Å². The van der Waals surface area contributed by atoms with Crippen LogP contribution in [0.1, 0.15) is 13.3 Å². The summed E-state index contributed by atoms with van der Waals surface area (Å²) in [7, 11) is 1.88. The Labute approximate surface area is 126 Å². The lowest BCUT2D eigenvalue weighted by Crippen LogP contribution is -2.59. The highest BCUT2D eigenvalue weighted by molar-refractivity contribution is 7.99. The number of ether oxygens (including phenoxy) is 1. The van der Waals surface area contributed by atoms with Gasteiger partial charge in [0.25, 0.3) is 0 Å². The number of hydrogen-bond acceptors (Lipinski definition) is 5. The third kappa shape index (κ3) is 3.87. The van der Waals surface area contributed by atoms with E-state index in [1.54, 1.807) is 0 Å². The summed E-state index contributed by atoms with van der Waals surface area (Å²) in [4.78, 5) is 14.6. The number of carbonyl (C=O) groups excluding carboxylic acids is 1. The van der Waals surface area contributed by atoms with Gasteiger partial charge in [-0.3, -0.25) is 9.69 Å². The van der Waals surface area contributed by atoms with Crippen LogP contribution in [0.15, 0.2) is 0 Å². The average Bonchev–Trinajstić information content (AvgIpc) is 2.96. The summed E-state index contributed by atoms with van der Waals surface area (Å²) in [6.07, 6.45) is 1.17. The molecule has 0 spiro atoms. The molecule has 0 radical (unpaired) electrons. The molecule has 0 aliphatic carbocycles. The van der Waals surface area contributed by atoms with Gasteiger partial charge in [0.1, 0.15) is 0 Å². The molecule has 20 heavy (non-hydrogen) atoms. The standard InChI is InChI=1S/C14H27N3O2S/c1-12(9-15-2)13(18)16-10-14(3-8-20-11-14)17-4-6-19-7-5-17/h12,15H,3-11H2,1-2H3,(H,16,18). The lowest BCUT2D eigenvalue weighted by Gasteiger charge is -2.43. The molecule has 2 unspecified atom stereocenters. The lowest BCUT2D eigenvalue weighted by atomic mass is 9.95. The van der Waals surface area contributed by atoms with Gasteiger partial charge in [-0.15, -0.1) is 0 Å². The maximum atomic E-state index is 12.1. The molecule has 2 fully saturated rings. The van der Waals surface area contributed by atoms with E-state index in [0.29, 0.717) is 0 Å². The second kappa shape index (κ2) is 7.64. The van der Waals surface area contributed by atoms with Gasteiger partial charge in [0.15, 0.2) is 0 Å². The minimum absolute atomic E-state index is 0.0239. The van der Waals surface area contributed by atoms with Crippen LogP contribution in [0.3, 0.4) is 0 Å². The monoisotopic (exact) mass is 301 g/mol. The molecule has 2 heterocycles. The number of morpholine rings is 1. The van der Waals surface area contributed by atoms with Crippen LogP contribution in [0.2, 0.25) is 0 Å². The number of amides is 1. The van der Waals surface area contributed by atoms with E-state index in [0.717, 1.165) is 45.1 Å². The summed E-state index contributed by atoms with van der Waals surface area (Å²) in [6, 6.07) is 0. The van der Waals surface area contributed by atoms with Crippen molar-refractivity contribution in [1.82, 2.24) is 15.5 Å². The van der Waals surface area contributed by atoms with Crippen LogP contribution >= 0.6 is 11.8 Å². The molecule has 5 nitrogen and oxygen atoms in total. The predicted octanol–water partition coefficient (Wildman–Crippen LogP) is 0.166. The number of nitrogens with zero attached hydrogens (tertiary/aromatic N) is 1. The fraction of sp³-hybridized carbons (Fsp3) is 0.929. The quantitative estimate of drug-likeness (QED) is 0.732. The molecule has 0 bridgehead atoms. The molecule has 2 rings (SSSR count). The summed E-state index contributed by atoms with van der Waals surface area (Å²) in [5.74, 6) is 2.49. The SMILES string of the molecule is CNCC(C)C(=O)NCC1(N2CCOCC2)CCSC1. The van der Waals surface area contributed by atoms with Crippen molar-refractivity contribution in [3.8, 4) is 0 Å². The zero-order valence-electron chi connectivity index (χ0n) is 12.6. The smallest absolute Gasteiger partial charge is 0.224 e. The highest BCUT2D eigenvalue weighted by Gasteiger charge is 2.40. The van der Waals surface area contributed by atoms with Gasteiger partial charge < -0.3 is 15.4 Å². The average molecular weight is 301 g/mol. The molecular weight excluding hydrogens is 274 g/mol. The highest BCUT2D eigenvalue weighted by Crippen LogP contribution is 2.33. The lowest BCUT2D eigenvalue weighted by molar-refractivity contribution is -0.125. The molecule has 0 aromatic heterocycles. The Morgan fingerprint density at radius 2 is 2.20 bits per heavy atom. The zero-order valence-corrected chi connectivity index (χ0v) is 13.4. The molecule has 2 atom stereocenters. The Morgan fingerprint density at radius 3 is 2.80 bits per heavy atom. The van der Waals surface area contributed by atoms with E-state index >= 15 is 0 Å². The molecule has 0 aromatic carbocycles. The maximum Gasteiger partial charge on any atom is 0.224 e. The van der Waals surface area contributed by atoms with E-state index in [-0.39, 0.29) is 17.4 Å². The molecule has 2 saturated heterocycles. The van der Waals surface area contributed by atoms with Gasteiger partial charge in [-0.2, -0.15) is 11.8 Å². The first-order valence-electron chi connectivity index (χ1n) is 7.51. The number of carbonyl (C=O) groups is 1. The number of rotatable bonds is 6. The van der Waals surface area contributed by atoms with Crippen LogP contribution in [0, 0.1) is 5.92 Å². The van der Waals surface area contributed by atoms with Crippen molar-refractivity contribution in [3.05, 3.63) is 0 Å². The normalized spacial score (nSPS) is 29.3. The van der Waals surface area contributed by atoms with Crippen molar-refractivity contribution >= 4 is 17.7 Å². The Morgan fingerprint density at radius 1 is 1.45 bits per heavy atom. The summed E-state index contributed by atoms with van der Waals surface area (Å²) in [6.45, 7) is 7.08. The summed E-state index contributed by atoms with van der Waals surface area (Å²) in [5, 5.41) is 6.23. The Balaban J connectivity index is 1.90. The molecule has 2 aliphatic heterocycles. The van der Waals surface area contributed by atoms with Crippen LogP contribution in [-0.2, 0) is 9.53 Å². The topological polar surface area (TPSA) is 53.6 Å². The maximum absolute atomic E-state index is 12.1. The van der Waals surface area contributed by atoms with E-state index in [1.807, 2.05) is 25.7 Å². The first-order chi connectivity index (χ1) is 9.68. The summed E-state index contributed by atoms with van der Waals surface area (Å²) < 4.78 is 5.46. The number of thioether (sulfide) groups is 1. The predicted molar refractivity (Wildman–Crippen MR) is 83.2 cm³/mol. The Hall–Kier alpha value is -0.300. The van der Waals surface area contributed by atoms with Crippen molar-refractivity contribution in [2.45, 2.75) is 18.9 Å². The molecule has 2 N–H and O–H groups in total. The molecule has 6 heteroatoms. The van der Waals surface area contributed by atoms with E-state index < -0.39 is 0 Å². The van der Waals surface area contributed by atoms with Gasteiger partial charge >= 0.3 is 0 Å². The van der Waals surface area contributed by atoms with E-state index in [2.05, 4.69) is 15.5 Å². The summed E-state index contributed by atoms with van der Waals surface area (Å²) in [5.41, 5.74) is 0.142. The van der Waals surface area contributed by atoms with Gasteiger partial charge in [0.2, 0.25) is 5.91 Å².